The molecule has 3 saturated carbocycles. The second-order valence-electron chi connectivity index (χ2n) is 10.6. The molecule has 3 aliphatic rings. The number of aliphatic hydroxyl groups is 2. The summed E-state index contributed by atoms with van der Waals surface area (Å²) in [4.78, 5) is 0. The van der Waals surface area contributed by atoms with Gasteiger partial charge in [-0.05, 0) is 70.4 Å². The van der Waals surface area contributed by atoms with Gasteiger partial charge in [0, 0.05) is 40.4 Å². The lowest BCUT2D eigenvalue weighted by Gasteiger charge is -2.33. The molecule has 4 N–H and O–H groups in total. The van der Waals surface area contributed by atoms with Crippen molar-refractivity contribution in [2.75, 3.05) is 5.32 Å². The van der Waals surface area contributed by atoms with E-state index >= 15 is 0 Å². The van der Waals surface area contributed by atoms with Crippen molar-refractivity contribution in [1.29, 1.82) is 0 Å². The van der Waals surface area contributed by atoms with Gasteiger partial charge in [0.05, 0.1) is 29.0 Å². The van der Waals surface area contributed by atoms with Crippen LogP contribution >= 0.6 is 0 Å². The maximum Gasteiger partial charge on any atom is 0.283 e. The number of rotatable bonds is 7. The fourth-order valence-electron chi connectivity index (χ4n) is 4.98. The summed E-state index contributed by atoms with van der Waals surface area (Å²) in [6, 6.07) is 9.66. The van der Waals surface area contributed by atoms with Gasteiger partial charge in [-0.15, -0.1) is 0 Å². The lowest BCUT2D eigenvalue weighted by Crippen LogP contribution is -2.42. The van der Waals surface area contributed by atoms with E-state index in [1.165, 1.54) is 0 Å². The first-order valence-electron chi connectivity index (χ1n) is 12.5. The van der Waals surface area contributed by atoms with Crippen LogP contribution in [0.15, 0.2) is 36.5 Å². The molecule has 0 spiro atoms. The van der Waals surface area contributed by atoms with E-state index in [4.69, 9.17) is 9.84 Å². The molecule has 3 aliphatic carbocycles. The molecule has 3 aromatic rings. The first-order valence-corrected chi connectivity index (χ1v) is 12.5. The van der Waals surface area contributed by atoms with Gasteiger partial charge in [0.15, 0.2) is 0 Å². The molecular weight excluding hydrogens is 432 g/mol. The molecule has 8 heteroatoms. The number of ether oxygens (including phenoxy) is 1. The summed E-state index contributed by atoms with van der Waals surface area (Å²) in [5.41, 5.74) is 2.17. The Morgan fingerprint density at radius 2 is 1.91 bits per heavy atom. The summed E-state index contributed by atoms with van der Waals surface area (Å²) in [5.74, 6) is 1.02. The third-order valence-electron chi connectivity index (χ3n) is 7.44. The first kappa shape index (κ1) is 21.7. The highest BCUT2D eigenvalue weighted by atomic mass is 16.5. The predicted octanol–water partition coefficient (Wildman–Crippen LogP) is 3.95. The fraction of sp³-hybridized carbons (Fsp3) is 0.538. The molecule has 0 amide bonds. The van der Waals surface area contributed by atoms with E-state index in [9.17, 15) is 15.4 Å². The average molecular weight is 466 g/mol. The molecule has 6 rings (SSSR count). The van der Waals surface area contributed by atoms with Gasteiger partial charge in [-0.2, -0.15) is 5.10 Å². The number of anilines is 1. The number of hydrogen-bond acceptors (Lipinski definition) is 6. The van der Waals surface area contributed by atoms with Crippen LogP contribution < -0.4 is 14.8 Å². The summed E-state index contributed by atoms with van der Waals surface area (Å²) < 4.78 is 9.29. The lowest BCUT2D eigenvalue weighted by molar-refractivity contribution is -0.916. The Bertz CT molecular complexity index is 1200. The molecule has 1 aromatic carbocycles. The maximum atomic E-state index is 11.0. The summed E-state index contributed by atoms with van der Waals surface area (Å²) in [5, 5.41) is 40.9. The van der Waals surface area contributed by atoms with E-state index in [-0.39, 0.29) is 12.1 Å². The highest BCUT2D eigenvalue weighted by Crippen LogP contribution is 2.40. The van der Waals surface area contributed by atoms with Crippen LogP contribution in [0.25, 0.3) is 10.9 Å². The van der Waals surface area contributed by atoms with Crippen molar-refractivity contribution in [3.63, 3.8) is 0 Å². The van der Waals surface area contributed by atoms with E-state index in [0.717, 1.165) is 72.7 Å². The Hall–Kier alpha value is -2.84. The number of nitrogens with one attached hydrogen (secondary N) is 1. The van der Waals surface area contributed by atoms with Crippen LogP contribution in [0, 0.1) is 0 Å². The van der Waals surface area contributed by atoms with Crippen molar-refractivity contribution in [2.45, 2.75) is 88.2 Å². The zero-order valence-corrected chi connectivity index (χ0v) is 19.5. The van der Waals surface area contributed by atoms with Gasteiger partial charge in [-0.1, -0.05) is 0 Å². The van der Waals surface area contributed by atoms with Gasteiger partial charge in [-0.25, -0.2) is 0 Å². The summed E-state index contributed by atoms with van der Waals surface area (Å²) in [6.45, 7) is 1.91. The molecule has 0 saturated heterocycles. The van der Waals surface area contributed by atoms with Crippen LogP contribution in [0.5, 0.6) is 5.75 Å². The highest BCUT2D eigenvalue weighted by Gasteiger charge is 2.36. The number of aliphatic hydroxyl groups excluding tert-OH is 1. The van der Waals surface area contributed by atoms with E-state index in [1.807, 2.05) is 42.1 Å². The zero-order valence-electron chi connectivity index (χ0n) is 19.5. The van der Waals surface area contributed by atoms with E-state index in [0.29, 0.717) is 23.0 Å². The third kappa shape index (κ3) is 4.32. The summed E-state index contributed by atoms with van der Waals surface area (Å²) >= 11 is 0. The zero-order chi connectivity index (χ0) is 23.4. The number of nitrogens with zero attached hydrogens (tertiary/aromatic N) is 3. The number of benzene rings is 1. The van der Waals surface area contributed by atoms with Crippen molar-refractivity contribution in [1.82, 2.24) is 9.78 Å². The quantitative estimate of drug-likeness (QED) is 0.239. The molecule has 1 unspecified atom stereocenters. The predicted molar refractivity (Wildman–Crippen MR) is 126 cm³/mol. The Labute approximate surface area is 198 Å². The van der Waals surface area contributed by atoms with Crippen LogP contribution in [0.2, 0.25) is 0 Å². The Morgan fingerprint density at radius 1 is 1.15 bits per heavy atom. The van der Waals surface area contributed by atoms with Crippen molar-refractivity contribution >= 4 is 16.6 Å². The number of hydrogen-bond donors (Lipinski definition) is 4. The van der Waals surface area contributed by atoms with Gasteiger partial charge in [0.25, 0.3) is 5.69 Å². The third-order valence-corrected chi connectivity index (χ3v) is 7.44. The molecule has 8 nitrogen and oxygen atoms in total. The number of aromatic nitrogens is 3. The van der Waals surface area contributed by atoms with Crippen LogP contribution in [-0.4, -0.2) is 36.9 Å². The Morgan fingerprint density at radius 3 is 2.62 bits per heavy atom. The topological polar surface area (TPSA) is 104 Å². The normalized spacial score (nSPS) is 25.9. The largest absolute Gasteiger partial charge is 0.488 e. The van der Waals surface area contributed by atoms with Gasteiger partial charge in [-0.3, -0.25) is 9.89 Å². The van der Waals surface area contributed by atoms with Crippen LogP contribution in [0.1, 0.15) is 87.9 Å². The van der Waals surface area contributed by atoms with Gasteiger partial charge in [0.2, 0.25) is 11.9 Å². The fourth-order valence-corrected chi connectivity index (χ4v) is 4.98. The van der Waals surface area contributed by atoms with E-state index in [2.05, 4.69) is 5.32 Å². The first-order chi connectivity index (χ1) is 16.4. The molecule has 0 bridgehead atoms. The molecule has 0 radical (unpaired) electrons. The van der Waals surface area contributed by atoms with Crippen molar-refractivity contribution in [3.05, 3.63) is 47.9 Å². The minimum Gasteiger partial charge on any atom is -0.488 e. The van der Waals surface area contributed by atoms with Crippen LogP contribution in [0.4, 0.5) is 5.69 Å². The molecule has 2 heterocycles. The average Bonchev–Trinajstić information content (AvgIpc) is 3.73. The van der Waals surface area contributed by atoms with E-state index < -0.39 is 11.8 Å². The monoisotopic (exact) mass is 465 g/mol. The standard InChI is InChI=1S/C26H33N4O4/c1-26(32)11-9-18(10-12-26)29-15-17-13-21(24(14-20(17)28-29)34-19-7-8-19)27-25(31)23-4-2-3-22(30(23)33)16-5-6-16/h2-4,13-16,18-19,25,27,31-33H,5-12H2,1H3/q+1/t18-,25?,26-. The van der Waals surface area contributed by atoms with Crippen LogP contribution in [-0.2, 0) is 0 Å². The molecule has 3 fully saturated rings. The van der Waals surface area contributed by atoms with Gasteiger partial charge in [0.1, 0.15) is 5.75 Å². The molecule has 180 valence electrons. The Kier molecular flexibility index (Phi) is 5.18. The SMILES string of the molecule is C[C@]1(O)CC[C@H](n2cc3cc(NC(O)c4cccc(C5CC5)[n+]4O)c(OC4CC4)cc3n2)CC1. The van der Waals surface area contributed by atoms with Crippen LogP contribution in [0.3, 0.4) is 0 Å². The number of pyridine rings is 1. The van der Waals surface area contributed by atoms with E-state index in [1.54, 1.807) is 6.07 Å². The lowest BCUT2D eigenvalue weighted by atomic mass is 9.84. The molecular formula is C26H33N4O4+. The van der Waals surface area contributed by atoms with Crippen molar-refractivity contribution < 1.29 is 24.9 Å². The molecule has 2 aromatic heterocycles. The molecule has 1 atom stereocenters. The second-order valence-corrected chi connectivity index (χ2v) is 10.6. The highest BCUT2D eigenvalue weighted by molar-refractivity contribution is 5.85. The minimum absolute atomic E-state index is 0.193. The molecule has 34 heavy (non-hydrogen) atoms. The smallest absolute Gasteiger partial charge is 0.283 e. The van der Waals surface area contributed by atoms with Crippen molar-refractivity contribution in [2.24, 2.45) is 0 Å². The number of fused-ring (bicyclic) bond motifs is 1. The summed E-state index contributed by atoms with van der Waals surface area (Å²) in [7, 11) is 0. The Balaban J connectivity index is 1.29. The van der Waals surface area contributed by atoms with Gasteiger partial charge < -0.3 is 20.3 Å². The summed E-state index contributed by atoms with van der Waals surface area (Å²) in [6.07, 6.45) is 8.63. The molecule has 0 aliphatic heterocycles. The maximum absolute atomic E-state index is 11.0. The second kappa shape index (κ2) is 8.13. The minimum atomic E-state index is -1.10. The van der Waals surface area contributed by atoms with Gasteiger partial charge >= 0.3 is 0 Å². The van der Waals surface area contributed by atoms with Crippen molar-refractivity contribution in [3.8, 4) is 5.75 Å².